The standard InChI is InChI=1S/C26H27N3O6S/c1-15(30)29-14-36-13-21(29)25(31)28-20(26(32)33)12-16-7-9-18-17(11-16)8-10-19(27-18)24-22(34-2)5-4-6-23(24)35-3/h4-11,20-21H,12-14H2,1-3H3,(H,28,31)(H,32,33). The normalized spacial score (nSPS) is 16.0. The number of aliphatic carboxylic acids is 1. The first-order valence-corrected chi connectivity index (χ1v) is 12.5. The fourth-order valence-corrected chi connectivity index (χ4v) is 5.44. The van der Waals surface area contributed by atoms with Gasteiger partial charge in [0.1, 0.15) is 23.6 Å². The molecule has 0 aliphatic carbocycles. The molecule has 2 heterocycles. The van der Waals surface area contributed by atoms with Crippen LogP contribution in [-0.2, 0) is 20.8 Å². The minimum atomic E-state index is -1.14. The quantitative estimate of drug-likeness (QED) is 0.476. The number of benzene rings is 2. The first kappa shape index (κ1) is 25.3. The van der Waals surface area contributed by atoms with Gasteiger partial charge in [-0.15, -0.1) is 11.8 Å². The highest BCUT2D eigenvalue weighted by Crippen LogP contribution is 2.37. The molecule has 188 valence electrons. The number of carbonyl (C=O) groups is 3. The summed E-state index contributed by atoms with van der Waals surface area (Å²) < 4.78 is 11.0. The molecular formula is C26H27N3O6S. The number of methoxy groups -OCH3 is 2. The number of hydrogen-bond acceptors (Lipinski definition) is 7. The summed E-state index contributed by atoms with van der Waals surface area (Å²) in [7, 11) is 3.18. The lowest BCUT2D eigenvalue weighted by Crippen LogP contribution is -2.52. The molecule has 2 aromatic carbocycles. The SMILES string of the molecule is COc1cccc(OC)c1-c1ccc2cc(CC(NC(=O)C3CSCN3C(C)=O)C(=O)O)ccc2n1. The lowest BCUT2D eigenvalue weighted by atomic mass is 10.0. The third kappa shape index (κ3) is 5.23. The van der Waals surface area contributed by atoms with E-state index in [4.69, 9.17) is 14.5 Å². The Labute approximate surface area is 212 Å². The van der Waals surface area contributed by atoms with Crippen LogP contribution in [0.25, 0.3) is 22.2 Å². The van der Waals surface area contributed by atoms with Crippen molar-refractivity contribution in [2.75, 3.05) is 25.8 Å². The predicted octanol–water partition coefficient (Wildman–Crippen LogP) is 2.95. The Bertz CT molecular complexity index is 1290. The maximum Gasteiger partial charge on any atom is 0.326 e. The molecule has 1 saturated heterocycles. The van der Waals surface area contributed by atoms with Gasteiger partial charge in [-0.2, -0.15) is 0 Å². The number of carboxylic acids is 1. The summed E-state index contributed by atoms with van der Waals surface area (Å²) >= 11 is 1.47. The van der Waals surface area contributed by atoms with Crippen molar-refractivity contribution in [2.45, 2.75) is 25.4 Å². The molecule has 4 rings (SSSR count). The van der Waals surface area contributed by atoms with E-state index in [-0.39, 0.29) is 12.3 Å². The zero-order chi connectivity index (χ0) is 25.8. The van der Waals surface area contributed by atoms with Gasteiger partial charge >= 0.3 is 5.97 Å². The van der Waals surface area contributed by atoms with Gasteiger partial charge in [-0.25, -0.2) is 9.78 Å². The van der Waals surface area contributed by atoms with Crippen molar-refractivity contribution >= 4 is 40.4 Å². The number of thioether (sulfide) groups is 1. The molecule has 0 bridgehead atoms. The zero-order valence-electron chi connectivity index (χ0n) is 20.2. The average molecular weight is 510 g/mol. The molecule has 9 nitrogen and oxygen atoms in total. The van der Waals surface area contributed by atoms with Crippen molar-refractivity contribution in [1.82, 2.24) is 15.2 Å². The van der Waals surface area contributed by atoms with Gasteiger partial charge in [-0.1, -0.05) is 18.2 Å². The largest absolute Gasteiger partial charge is 0.496 e. The van der Waals surface area contributed by atoms with Gasteiger partial charge in [0.25, 0.3) is 0 Å². The van der Waals surface area contributed by atoms with Crippen molar-refractivity contribution in [3.05, 3.63) is 54.1 Å². The number of ether oxygens (including phenoxy) is 2. The summed E-state index contributed by atoms with van der Waals surface area (Å²) in [6.07, 6.45) is 0.0963. The Kier molecular flexibility index (Phi) is 7.64. The van der Waals surface area contributed by atoms with Crippen molar-refractivity contribution < 1.29 is 29.0 Å². The molecule has 36 heavy (non-hydrogen) atoms. The highest BCUT2D eigenvalue weighted by Gasteiger charge is 2.35. The first-order chi connectivity index (χ1) is 17.3. The molecule has 3 aromatic rings. The molecular weight excluding hydrogens is 482 g/mol. The Morgan fingerprint density at radius 3 is 2.50 bits per heavy atom. The van der Waals surface area contributed by atoms with E-state index < -0.39 is 24.0 Å². The molecule has 1 fully saturated rings. The van der Waals surface area contributed by atoms with Gasteiger partial charge in [0.05, 0.1) is 36.9 Å². The minimum Gasteiger partial charge on any atom is -0.496 e. The van der Waals surface area contributed by atoms with Crippen LogP contribution in [0.15, 0.2) is 48.5 Å². The second kappa shape index (κ2) is 10.9. The van der Waals surface area contributed by atoms with E-state index >= 15 is 0 Å². The Balaban J connectivity index is 1.56. The van der Waals surface area contributed by atoms with Crippen LogP contribution in [0.5, 0.6) is 11.5 Å². The van der Waals surface area contributed by atoms with Gasteiger partial charge in [-0.05, 0) is 35.9 Å². The number of hydrogen-bond donors (Lipinski definition) is 2. The van der Waals surface area contributed by atoms with E-state index in [0.29, 0.717) is 28.8 Å². The number of pyridine rings is 1. The lowest BCUT2D eigenvalue weighted by Gasteiger charge is -2.23. The van der Waals surface area contributed by atoms with Gasteiger partial charge in [0, 0.05) is 24.5 Å². The number of amides is 2. The number of rotatable bonds is 8. The Morgan fingerprint density at radius 1 is 1.14 bits per heavy atom. The van der Waals surface area contributed by atoms with Crippen LogP contribution in [0.1, 0.15) is 12.5 Å². The maximum absolute atomic E-state index is 12.7. The van der Waals surface area contributed by atoms with Crippen LogP contribution in [0.4, 0.5) is 0 Å². The number of carboxylic acid groups (broad SMARTS) is 1. The zero-order valence-corrected chi connectivity index (χ0v) is 21.0. The van der Waals surface area contributed by atoms with Gasteiger partial charge < -0.3 is 24.8 Å². The van der Waals surface area contributed by atoms with Crippen molar-refractivity contribution in [1.29, 1.82) is 0 Å². The van der Waals surface area contributed by atoms with E-state index in [1.165, 1.54) is 23.6 Å². The van der Waals surface area contributed by atoms with E-state index in [1.54, 1.807) is 20.3 Å². The second-order valence-electron chi connectivity index (χ2n) is 8.37. The first-order valence-electron chi connectivity index (χ1n) is 11.3. The number of carbonyl (C=O) groups excluding carboxylic acids is 2. The van der Waals surface area contributed by atoms with Crippen molar-refractivity contribution in [3.63, 3.8) is 0 Å². The van der Waals surface area contributed by atoms with Crippen LogP contribution in [0.2, 0.25) is 0 Å². The van der Waals surface area contributed by atoms with E-state index in [0.717, 1.165) is 22.0 Å². The maximum atomic E-state index is 12.7. The van der Waals surface area contributed by atoms with Crippen LogP contribution >= 0.6 is 11.8 Å². The van der Waals surface area contributed by atoms with Gasteiger partial charge in [-0.3, -0.25) is 9.59 Å². The Hall–Kier alpha value is -3.79. The summed E-state index contributed by atoms with van der Waals surface area (Å²) in [6, 6.07) is 13.0. The molecule has 0 saturated carbocycles. The summed E-state index contributed by atoms with van der Waals surface area (Å²) in [5, 5.41) is 13.2. The minimum absolute atomic E-state index is 0.0963. The third-order valence-electron chi connectivity index (χ3n) is 6.08. The molecule has 0 spiro atoms. The van der Waals surface area contributed by atoms with E-state index in [2.05, 4.69) is 5.32 Å². The molecule has 2 atom stereocenters. The molecule has 2 amide bonds. The van der Waals surface area contributed by atoms with Crippen LogP contribution in [-0.4, -0.2) is 70.7 Å². The Morgan fingerprint density at radius 2 is 1.86 bits per heavy atom. The molecule has 1 aromatic heterocycles. The van der Waals surface area contributed by atoms with Crippen LogP contribution in [0.3, 0.4) is 0 Å². The van der Waals surface area contributed by atoms with Crippen LogP contribution in [0, 0.1) is 0 Å². The third-order valence-corrected chi connectivity index (χ3v) is 7.09. The fourth-order valence-electron chi connectivity index (χ4n) is 4.22. The van der Waals surface area contributed by atoms with E-state index in [9.17, 15) is 19.5 Å². The molecule has 10 heteroatoms. The summed E-state index contributed by atoms with van der Waals surface area (Å²) in [6.45, 7) is 1.40. The molecule has 1 aliphatic heterocycles. The second-order valence-corrected chi connectivity index (χ2v) is 9.37. The fraction of sp³-hybridized carbons (Fsp3) is 0.308. The van der Waals surface area contributed by atoms with Gasteiger partial charge in [0.2, 0.25) is 11.8 Å². The molecule has 0 radical (unpaired) electrons. The van der Waals surface area contributed by atoms with E-state index in [1.807, 2.05) is 42.5 Å². The highest BCUT2D eigenvalue weighted by atomic mass is 32.2. The van der Waals surface area contributed by atoms with Crippen molar-refractivity contribution in [2.24, 2.45) is 0 Å². The average Bonchev–Trinajstić information content (AvgIpc) is 3.38. The van der Waals surface area contributed by atoms with Gasteiger partial charge in [0.15, 0.2) is 0 Å². The lowest BCUT2D eigenvalue weighted by molar-refractivity contribution is -0.143. The predicted molar refractivity (Wildman–Crippen MR) is 137 cm³/mol. The number of nitrogens with zero attached hydrogens (tertiary/aromatic N) is 2. The number of aromatic nitrogens is 1. The highest BCUT2D eigenvalue weighted by molar-refractivity contribution is 7.99. The summed E-state index contributed by atoms with van der Waals surface area (Å²) in [4.78, 5) is 42.7. The number of nitrogens with one attached hydrogen (secondary N) is 1. The molecule has 1 aliphatic rings. The number of fused-ring (bicyclic) bond motifs is 1. The summed E-state index contributed by atoms with van der Waals surface area (Å²) in [5.74, 6) is 0.341. The van der Waals surface area contributed by atoms with Crippen molar-refractivity contribution in [3.8, 4) is 22.8 Å². The summed E-state index contributed by atoms with van der Waals surface area (Å²) in [5.41, 5.74) is 2.89. The monoisotopic (exact) mass is 509 g/mol. The van der Waals surface area contributed by atoms with Crippen LogP contribution < -0.4 is 14.8 Å². The smallest absolute Gasteiger partial charge is 0.326 e. The molecule has 2 N–H and O–H groups in total. The topological polar surface area (TPSA) is 118 Å². The molecule has 2 unspecified atom stereocenters.